The van der Waals surface area contributed by atoms with Gasteiger partial charge < -0.3 is 0 Å². The van der Waals surface area contributed by atoms with Crippen LogP contribution in [0.2, 0.25) is 51.8 Å². The maximum absolute atomic E-state index is 6.77. The Morgan fingerprint density at radius 3 is 1.79 bits per heavy atom. The van der Waals surface area contributed by atoms with Crippen LogP contribution in [0.3, 0.4) is 0 Å². The molecule has 0 bridgehead atoms. The number of hydrogen-bond donors (Lipinski definition) is 0. The minimum absolute atomic E-state index is 0. The Bertz CT molecular complexity index is 3520. The van der Waals surface area contributed by atoms with Crippen molar-refractivity contribution < 1.29 is 30.4 Å². The Labute approximate surface area is 437 Å². The van der Waals surface area contributed by atoms with Crippen LogP contribution >= 0.6 is 0 Å². The van der Waals surface area contributed by atoms with E-state index in [1.165, 1.54) is 46.4 Å². The molecule has 0 radical (unpaired) electrons. The normalized spacial score (nSPS) is 12.5. The molecule has 70 heavy (non-hydrogen) atoms. The van der Waals surface area contributed by atoms with Crippen molar-refractivity contribution in [2.75, 3.05) is 0 Å². The molecule has 5 nitrogen and oxygen atoms in total. The average molecular weight is 1280 g/mol. The van der Waals surface area contributed by atoms with Crippen LogP contribution in [0.25, 0.3) is 72.3 Å². The molecule has 0 N–H and O–H groups in total. The van der Waals surface area contributed by atoms with E-state index in [2.05, 4.69) is 238 Å². The zero-order valence-electron chi connectivity index (χ0n) is 42.5. The third kappa shape index (κ3) is 9.73. The maximum atomic E-state index is 6.77. The first kappa shape index (κ1) is 50.0. The van der Waals surface area contributed by atoms with E-state index >= 15 is 0 Å². The van der Waals surface area contributed by atoms with Gasteiger partial charge in [0.2, 0.25) is 0 Å². The molecule has 356 valence electrons. The zero-order valence-corrected chi connectivity index (χ0v) is 51.1. The maximum Gasteiger partial charge on any atom is 0 e. The predicted octanol–water partition coefficient (Wildman–Crippen LogP) is 13.9. The summed E-state index contributed by atoms with van der Waals surface area (Å²) in [6.45, 7) is 6.74. The Kier molecular flexibility index (Phi) is 13.5. The van der Waals surface area contributed by atoms with E-state index in [0.717, 1.165) is 44.6 Å². The second kappa shape index (κ2) is 18.9. The Hall–Kier alpha value is -4.92. The van der Waals surface area contributed by atoms with Crippen molar-refractivity contribution in [3.63, 3.8) is 0 Å². The minimum Gasteiger partial charge on any atom is 0 e. The number of benzene rings is 7. The van der Waals surface area contributed by atoms with Gasteiger partial charge >= 0.3 is 420 Å². The van der Waals surface area contributed by atoms with E-state index in [4.69, 9.17) is 9.72 Å². The molecule has 0 aliphatic carbocycles. The van der Waals surface area contributed by atoms with Crippen LogP contribution in [0.1, 0.15) is 26.3 Å². The van der Waals surface area contributed by atoms with Gasteiger partial charge in [0, 0.05) is 21.1 Å². The van der Waals surface area contributed by atoms with Gasteiger partial charge in [-0.3, -0.25) is 0 Å². The van der Waals surface area contributed by atoms with Gasteiger partial charge in [-0.25, -0.2) is 0 Å². The summed E-state index contributed by atoms with van der Waals surface area (Å²) in [5.74, 6) is 24.2. The van der Waals surface area contributed by atoms with Gasteiger partial charge in [-0.1, -0.05) is 0 Å². The largest absolute Gasteiger partial charge is 0 e. The Morgan fingerprint density at radius 1 is 0.543 bits per heavy atom. The second-order valence-electron chi connectivity index (χ2n) is 22.7. The minimum atomic E-state index is -2.17. The molecule has 0 saturated heterocycles. The summed E-state index contributed by atoms with van der Waals surface area (Å²) in [6.07, 6.45) is 5.80. The molecule has 7 aromatic carbocycles. The molecule has 0 saturated carbocycles. The van der Waals surface area contributed by atoms with E-state index in [9.17, 15) is 0 Å². The Balaban J connectivity index is 0.00000608. The number of rotatable bonds is 10. The summed E-state index contributed by atoms with van der Waals surface area (Å²) in [7, 11) is 0. The van der Waals surface area contributed by atoms with Crippen molar-refractivity contribution in [2.45, 2.75) is 78.0 Å². The third-order valence-electron chi connectivity index (χ3n) is 13.5. The van der Waals surface area contributed by atoms with E-state index in [-0.39, 0.29) is 26.5 Å². The number of para-hydroxylation sites is 3. The average Bonchev–Trinajstić information content (AvgIpc) is 3.86. The van der Waals surface area contributed by atoms with E-state index in [0.29, 0.717) is 11.5 Å². The third-order valence-corrected chi connectivity index (χ3v) is 26.3. The van der Waals surface area contributed by atoms with Crippen LogP contribution in [-0.4, -0.2) is 53.9 Å². The van der Waals surface area contributed by atoms with Crippen LogP contribution in [0.15, 0.2) is 158 Å². The van der Waals surface area contributed by atoms with Crippen LogP contribution in [0, 0.1) is 18.5 Å². The van der Waals surface area contributed by atoms with Crippen molar-refractivity contribution in [1.82, 2.24) is 14.1 Å². The molecule has 0 amide bonds. The topological polar surface area (TPSA) is 35.9 Å². The van der Waals surface area contributed by atoms with E-state index in [1.54, 1.807) is 0 Å². The van der Waals surface area contributed by atoms with Crippen LogP contribution in [0.5, 0.6) is 11.5 Å². The van der Waals surface area contributed by atoms with E-state index in [1.807, 2.05) is 24.4 Å². The predicted molar refractivity (Wildman–Crippen MR) is 298 cm³/mol. The van der Waals surface area contributed by atoms with Crippen LogP contribution < -0.4 is 22.5 Å². The Morgan fingerprint density at radius 2 is 1.14 bits per heavy atom. The molecule has 10 rings (SSSR count). The summed E-state index contributed by atoms with van der Waals surface area (Å²) in [5, 5.41) is 2.34. The first-order chi connectivity index (χ1) is 32.7. The van der Waals surface area contributed by atoms with Gasteiger partial charge in [0.1, 0.15) is 0 Å². The van der Waals surface area contributed by atoms with Gasteiger partial charge in [-0.2, -0.15) is 0 Å². The quantitative estimate of drug-likeness (QED) is 0.0777. The number of imidazole rings is 1. The first-order valence-electron chi connectivity index (χ1n) is 24.2. The molecule has 0 atom stereocenters. The van der Waals surface area contributed by atoms with Crippen molar-refractivity contribution in [3.8, 4) is 50.9 Å². The molecule has 0 aliphatic heterocycles. The fourth-order valence-electron chi connectivity index (χ4n) is 9.40. The molecule has 10 aromatic rings. The van der Waals surface area contributed by atoms with Crippen molar-refractivity contribution in [1.29, 1.82) is 0 Å². The first-order valence-corrected chi connectivity index (χ1v) is 46.2. The van der Waals surface area contributed by atoms with Gasteiger partial charge in [-0.15, -0.1) is 0 Å². The second-order valence-corrected chi connectivity index (χ2v) is 54.6. The fourth-order valence-corrected chi connectivity index (χ4v) is 16.8. The number of nitrogens with zero attached hydrogens (tertiary/aromatic N) is 4. The van der Waals surface area contributed by atoms with Gasteiger partial charge in [-0.05, 0) is 0 Å². The fraction of sp³-hybridized carbons (Fsp3) is 0.213. The molecule has 9 heteroatoms. The zero-order chi connectivity index (χ0) is 48.6. The summed E-state index contributed by atoms with van der Waals surface area (Å²) < 4.78 is 17.8. The van der Waals surface area contributed by atoms with Gasteiger partial charge in [0.15, 0.2) is 0 Å². The number of ether oxygens (including phenoxy) is 1. The smallest absolute Gasteiger partial charge is 0 e. The van der Waals surface area contributed by atoms with Crippen LogP contribution in [-0.2, 0) is 26.5 Å². The monoisotopic (exact) mass is 1280 g/mol. The number of fused-ring (bicyclic) bond motifs is 4. The summed E-state index contributed by atoms with van der Waals surface area (Å²) >= 11 is -6.49. The van der Waals surface area contributed by atoms with Gasteiger partial charge in [0.25, 0.3) is 0 Å². The van der Waals surface area contributed by atoms with E-state index < -0.39 is 39.8 Å². The molecule has 0 fully saturated rings. The molecule has 0 unspecified atom stereocenters. The van der Waals surface area contributed by atoms with Crippen LogP contribution in [0.4, 0.5) is 0 Å². The molecular formula is C61H62Ge3N4OPt-2. The number of hydrogen-bond acceptors (Lipinski definition) is 2. The molecule has 3 aromatic heterocycles. The standard InChI is InChI=1S/C61H62Ge3N4O.Pt/c1-61(2,3)44-33-34-65-59(37-44)68-55-32-29-47(64(10,11)12)38-54(55)53-31-30-50(40-58(53)68)69-49-24-17-23-48(39-49)66-41-67(57-28-14-13-27-56(57)66)60-51(42-19-15-21-45(35-42)62(4,5)6)25-18-26-52(60)43-20-16-22-46(36-43)63(7,8)9;/h13-38H,1-12H3;/q-2;. The molecule has 3 heterocycles. The van der Waals surface area contributed by atoms with Crippen molar-refractivity contribution >= 4 is 85.8 Å². The summed E-state index contributed by atoms with van der Waals surface area (Å²) in [6, 6.07) is 63.0. The van der Waals surface area contributed by atoms with Gasteiger partial charge in [0.05, 0.1) is 0 Å². The number of pyridine rings is 1. The molecule has 0 spiro atoms. The summed E-state index contributed by atoms with van der Waals surface area (Å²) in [5.41, 5.74) is 12.0. The number of aromatic nitrogens is 4. The molecular weight excluding hydrogens is 1220 g/mol. The van der Waals surface area contributed by atoms with Crippen molar-refractivity contribution in [2.24, 2.45) is 0 Å². The van der Waals surface area contributed by atoms with Crippen molar-refractivity contribution in [3.05, 3.63) is 182 Å². The SMILES string of the molecule is CC(C)(C)c1ccnc(-n2c3[c-]c(Oc4[c-]c(-n5[c-][n+](-c6c(-c7ccc[c]([Ge]([CH3])([CH3])[CH3])c7)cccc6-c6ccc[c]([Ge]([CH3])([CH3])[CH3])c6)c6ccccc65)ccc4)ccc3c3c[c]([Ge]([CH3])([CH3])[CH3])ccc32)c1.[Pt]. The molecule has 0 aliphatic rings. The summed E-state index contributed by atoms with van der Waals surface area (Å²) in [4.78, 5) is 4.95.